The Labute approximate surface area is 118 Å². The molecule has 0 N–H and O–H groups in total. The standard InChI is InChI=1S/C15H21BrO2/c1-10-4-5-13(8-11(10)2)18-15-7-6-12(17-3)9-14(15)16/h6-7,9-11,13H,4-5,8H2,1-3H3. The quantitative estimate of drug-likeness (QED) is 0.808. The molecule has 0 aliphatic heterocycles. The van der Waals surface area contributed by atoms with E-state index in [1.807, 2.05) is 18.2 Å². The van der Waals surface area contributed by atoms with Gasteiger partial charge in [0, 0.05) is 0 Å². The van der Waals surface area contributed by atoms with Gasteiger partial charge in [0.2, 0.25) is 0 Å². The van der Waals surface area contributed by atoms with Crippen LogP contribution in [0.15, 0.2) is 22.7 Å². The van der Waals surface area contributed by atoms with Crippen molar-refractivity contribution in [2.24, 2.45) is 11.8 Å². The van der Waals surface area contributed by atoms with Crippen molar-refractivity contribution in [1.82, 2.24) is 0 Å². The van der Waals surface area contributed by atoms with Gasteiger partial charge in [-0.25, -0.2) is 0 Å². The monoisotopic (exact) mass is 312 g/mol. The Morgan fingerprint density at radius 2 is 1.94 bits per heavy atom. The zero-order valence-corrected chi connectivity index (χ0v) is 12.9. The highest BCUT2D eigenvalue weighted by atomic mass is 79.9. The molecule has 100 valence electrons. The molecular formula is C15H21BrO2. The van der Waals surface area contributed by atoms with Crippen molar-refractivity contribution in [3.05, 3.63) is 22.7 Å². The summed E-state index contributed by atoms with van der Waals surface area (Å²) in [7, 11) is 1.67. The first-order chi connectivity index (χ1) is 8.60. The topological polar surface area (TPSA) is 18.5 Å². The predicted molar refractivity (Wildman–Crippen MR) is 77.3 cm³/mol. The van der Waals surface area contributed by atoms with Crippen molar-refractivity contribution in [3.8, 4) is 11.5 Å². The van der Waals surface area contributed by atoms with E-state index in [0.717, 1.165) is 40.6 Å². The van der Waals surface area contributed by atoms with Gasteiger partial charge >= 0.3 is 0 Å². The summed E-state index contributed by atoms with van der Waals surface area (Å²) < 4.78 is 12.3. The highest BCUT2D eigenvalue weighted by molar-refractivity contribution is 9.10. The Bertz CT molecular complexity index is 405. The molecule has 1 saturated carbocycles. The Balaban J connectivity index is 2.01. The molecule has 1 aromatic carbocycles. The fourth-order valence-electron chi connectivity index (χ4n) is 2.49. The number of rotatable bonds is 3. The van der Waals surface area contributed by atoms with E-state index in [2.05, 4.69) is 29.8 Å². The summed E-state index contributed by atoms with van der Waals surface area (Å²) in [6.07, 6.45) is 3.92. The highest BCUT2D eigenvalue weighted by Gasteiger charge is 2.26. The number of benzene rings is 1. The number of hydrogen-bond donors (Lipinski definition) is 0. The van der Waals surface area contributed by atoms with Gasteiger partial charge in [0.05, 0.1) is 17.7 Å². The molecule has 0 saturated heterocycles. The maximum atomic E-state index is 6.10. The molecule has 1 aliphatic rings. The SMILES string of the molecule is COc1ccc(OC2CCC(C)C(C)C2)c(Br)c1. The van der Waals surface area contributed by atoms with Crippen LogP contribution in [0.4, 0.5) is 0 Å². The van der Waals surface area contributed by atoms with Crippen LogP contribution in [0, 0.1) is 11.8 Å². The number of hydrogen-bond acceptors (Lipinski definition) is 2. The second-order valence-corrected chi connectivity index (χ2v) is 6.16. The van der Waals surface area contributed by atoms with E-state index in [1.54, 1.807) is 7.11 Å². The van der Waals surface area contributed by atoms with Crippen molar-refractivity contribution in [1.29, 1.82) is 0 Å². The van der Waals surface area contributed by atoms with E-state index < -0.39 is 0 Å². The van der Waals surface area contributed by atoms with E-state index in [4.69, 9.17) is 9.47 Å². The van der Waals surface area contributed by atoms with Gasteiger partial charge in [-0.3, -0.25) is 0 Å². The normalized spacial score (nSPS) is 27.9. The first-order valence-corrected chi connectivity index (χ1v) is 7.39. The molecule has 0 spiro atoms. The lowest BCUT2D eigenvalue weighted by molar-refractivity contribution is 0.0998. The van der Waals surface area contributed by atoms with Crippen LogP contribution < -0.4 is 9.47 Å². The molecule has 0 heterocycles. The third-order valence-corrected chi connectivity index (χ3v) is 4.60. The molecule has 1 fully saturated rings. The molecule has 3 unspecified atom stereocenters. The first-order valence-electron chi connectivity index (χ1n) is 6.60. The summed E-state index contributed by atoms with van der Waals surface area (Å²) in [5.41, 5.74) is 0. The summed E-state index contributed by atoms with van der Waals surface area (Å²) in [4.78, 5) is 0. The van der Waals surface area contributed by atoms with E-state index in [9.17, 15) is 0 Å². The zero-order valence-electron chi connectivity index (χ0n) is 11.3. The number of halogens is 1. The van der Waals surface area contributed by atoms with Gasteiger partial charge in [0.15, 0.2) is 0 Å². The summed E-state index contributed by atoms with van der Waals surface area (Å²) in [5, 5.41) is 0. The van der Waals surface area contributed by atoms with Crippen LogP contribution in [0.5, 0.6) is 11.5 Å². The van der Waals surface area contributed by atoms with Crippen molar-refractivity contribution in [3.63, 3.8) is 0 Å². The molecular weight excluding hydrogens is 292 g/mol. The first kappa shape index (κ1) is 13.7. The predicted octanol–water partition coefficient (Wildman–Crippen LogP) is 4.66. The fraction of sp³-hybridized carbons (Fsp3) is 0.600. The molecule has 0 amide bonds. The molecule has 1 aromatic rings. The zero-order chi connectivity index (χ0) is 13.1. The lowest BCUT2D eigenvalue weighted by Crippen LogP contribution is -2.28. The van der Waals surface area contributed by atoms with Gasteiger partial charge in [-0.15, -0.1) is 0 Å². The molecule has 2 rings (SSSR count). The van der Waals surface area contributed by atoms with Gasteiger partial charge in [-0.1, -0.05) is 13.8 Å². The number of methoxy groups -OCH3 is 1. The fourth-order valence-corrected chi connectivity index (χ4v) is 2.94. The Hall–Kier alpha value is -0.700. The maximum absolute atomic E-state index is 6.10. The maximum Gasteiger partial charge on any atom is 0.134 e. The van der Waals surface area contributed by atoms with Gasteiger partial charge in [-0.2, -0.15) is 0 Å². The molecule has 0 bridgehead atoms. The molecule has 3 heteroatoms. The third-order valence-electron chi connectivity index (χ3n) is 3.98. The van der Waals surface area contributed by atoms with E-state index in [1.165, 1.54) is 6.42 Å². The minimum Gasteiger partial charge on any atom is -0.497 e. The summed E-state index contributed by atoms with van der Waals surface area (Å²) >= 11 is 3.54. The molecule has 2 nitrogen and oxygen atoms in total. The van der Waals surface area contributed by atoms with Crippen molar-refractivity contribution in [2.45, 2.75) is 39.2 Å². The van der Waals surface area contributed by atoms with Crippen LogP contribution in [-0.2, 0) is 0 Å². The van der Waals surface area contributed by atoms with Crippen molar-refractivity contribution < 1.29 is 9.47 Å². The highest BCUT2D eigenvalue weighted by Crippen LogP contribution is 2.35. The van der Waals surface area contributed by atoms with Crippen LogP contribution in [0.3, 0.4) is 0 Å². The van der Waals surface area contributed by atoms with Crippen LogP contribution in [0.2, 0.25) is 0 Å². The van der Waals surface area contributed by atoms with Gasteiger partial charge in [0.1, 0.15) is 11.5 Å². The summed E-state index contributed by atoms with van der Waals surface area (Å²) in [6, 6.07) is 5.87. The lowest BCUT2D eigenvalue weighted by Gasteiger charge is -2.32. The lowest BCUT2D eigenvalue weighted by atomic mass is 9.80. The minimum absolute atomic E-state index is 0.348. The van der Waals surface area contributed by atoms with Gasteiger partial charge in [0.25, 0.3) is 0 Å². The van der Waals surface area contributed by atoms with Crippen LogP contribution in [0.1, 0.15) is 33.1 Å². The van der Waals surface area contributed by atoms with Crippen molar-refractivity contribution >= 4 is 15.9 Å². The summed E-state index contributed by atoms with van der Waals surface area (Å²) in [5.74, 6) is 3.34. The Morgan fingerprint density at radius 3 is 2.56 bits per heavy atom. The Morgan fingerprint density at radius 1 is 1.17 bits per heavy atom. The largest absolute Gasteiger partial charge is 0.497 e. The summed E-state index contributed by atoms with van der Waals surface area (Å²) in [6.45, 7) is 4.66. The molecule has 0 radical (unpaired) electrons. The van der Waals surface area contributed by atoms with Crippen LogP contribution >= 0.6 is 15.9 Å². The van der Waals surface area contributed by atoms with Gasteiger partial charge < -0.3 is 9.47 Å². The van der Waals surface area contributed by atoms with E-state index >= 15 is 0 Å². The molecule has 1 aliphatic carbocycles. The molecule has 3 atom stereocenters. The van der Waals surface area contributed by atoms with Gasteiger partial charge in [-0.05, 0) is 65.2 Å². The third kappa shape index (κ3) is 3.19. The molecule has 18 heavy (non-hydrogen) atoms. The smallest absolute Gasteiger partial charge is 0.134 e. The number of ether oxygens (including phenoxy) is 2. The second kappa shape index (κ2) is 5.96. The van der Waals surface area contributed by atoms with Crippen LogP contribution in [0.25, 0.3) is 0 Å². The van der Waals surface area contributed by atoms with E-state index in [-0.39, 0.29) is 0 Å². The average molecular weight is 313 g/mol. The van der Waals surface area contributed by atoms with Crippen LogP contribution in [-0.4, -0.2) is 13.2 Å². The average Bonchev–Trinajstić information content (AvgIpc) is 2.36. The molecule has 0 aromatic heterocycles. The van der Waals surface area contributed by atoms with Crippen molar-refractivity contribution in [2.75, 3.05) is 7.11 Å². The van der Waals surface area contributed by atoms with E-state index in [0.29, 0.717) is 6.10 Å². The second-order valence-electron chi connectivity index (χ2n) is 5.30. The minimum atomic E-state index is 0.348. The Kier molecular flexibility index (Phi) is 4.55.